The van der Waals surface area contributed by atoms with E-state index in [0.29, 0.717) is 16.2 Å². The maximum atomic E-state index is 13.1. The molecule has 0 saturated heterocycles. The highest BCUT2D eigenvalue weighted by Crippen LogP contribution is 2.34. The number of aryl methyl sites for hydroxylation is 1. The molecule has 7 nitrogen and oxygen atoms in total. The summed E-state index contributed by atoms with van der Waals surface area (Å²) in [7, 11) is 1.78. The Morgan fingerprint density at radius 1 is 1.08 bits per heavy atom. The van der Waals surface area contributed by atoms with Gasteiger partial charge in [-0.2, -0.15) is 5.10 Å². The molecule has 0 aliphatic rings. The predicted molar refractivity (Wildman–Crippen MR) is 100 cm³/mol. The molecule has 8 heteroatoms. The quantitative estimate of drug-likeness (QED) is 0.409. The van der Waals surface area contributed by atoms with Crippen LogP contribution in [-0.4, -0.2) is 29.3 Å². The first-order valence-electron chi connectivity index (χ1n) is 8.07. The Balaban J connectivity index is 1.89. The van der Waals surface area contributed by atoms with Gasteiger partial charge in [0.15, 0.2) is 10.8 Å². The zero-order valence-corrected chi connectivity index (χ0v) is 15.1. The van der Waals surface area contributed by atoms with Crippen molar-refractivity contribution in [2.45, 2.75) is 17.3 Å². The first-order valence-corrected chi connectivity index (χ1v) is 8.95. The monoisotopic (exact) mass is 364 g/mol. The van der Waals surface area contributed by atoms with Gasteiger partial charge in [0.05, 0.1) is 11.9 Å². The number of rotatable bonds is 4. The molecule has 0 spiro atoms. The van der Waals surface area contributed by atoms with E-state index < -0.39 is 0 Å². The summed E-state index contributed by atoms with van der Waals surface area (Å²) >= 11 is 1.49. The van der Waals surface area contributed by atoms with Gasteiger partial charge in [0.25, 0.3) is 5.56 Å². The molecule has 0 fully saturated rings. The Morgan fingerprint density at radius 2 is 1.81 bits per heavy atom. The van der Waals surface area contributed by atoms with E-state index in [1.165, 1.54) is 18.1 Å². The van der Waals surface area contributed by atoms with E-state index in [-0.39, 0.29) is 10.8 Å². The van der Waals surface area contributed by atoms with Crippen molar-refractivity contribution in [1.82, 2.24) is 29.3 Å². The van der Waals surface area contributed by atoms with Crippen molar-refractivity contribution in [2.75, 3.05) is 0 Å². The minimum Gasteiger partial charge on any atom is -0.268 e. The summed E-state index contributed by atoms with van der Waals surface area (Å²) in [5, 5.41) is 5.31. The molecule has 130 valence electrons. The summed E-state index contributed by atoms with van der Waals surface area (Å²) in [6.45, 7) is 2.04. The highest BCUT2D eigenvalue weighted by Gasteiger charge is 2.19. The highest BCUT2D eigenvalue weighted by atomic mass is 32.2. The molecule has 1 unspecified atom stereocenters. The van der Waals surface area contributed by atoms with Gasteiger partial charge < -0.3 is 0 Å². The van der Waals surface area contributed by atoms with Crippen molar-refractivity contribution < 1.29 is 0 Å². The molecular weight excluding hydrogens is 348 g/mol. The van der Waals surface area contributed by atoms with Crippen molar-refractivity contribution in [3.05, 3.63) is 71.2 Å². The molecule has 4 aromatic rings. The molecule has 0 radical (unpaired) electrons. The van der Waals surface area contributed by atoms with Crippen LogP contribution in [0, 0.1) is 0 Å². The molecule has 0 saturated carbocycles. The molecule has 3 heterocycles. The molecule has 0 bridgehead atoms. The molecular formula is C18H16N6OS. The van der Waals surface area contributed by atoms with E-state index in [0.717, 1.165) is 11.3 Å². The lowest BCUT2D eigenvalue weighted by Crippen LogP contribution is -2.22. The van der Waals surface area contributed by atoms with Gasteiger partial charge in [-0.1, -0.05) is 30.0 Å². The minimum atomic E-state index is -0.131. The predicted octanol–water partition coefficient (Wildman–Crippen LogP) is 2.76. The van der Waals surface area contributed by atoms with Crippen molar-refractivity contribution in [2.24, 2.45) is 7.05 Å². The number of hydrogen-bond acceptors (Lipinski definition) is 6. The van der Waals surface area contributed by atoms with Crippen LogP contribution in [0.4, 0.5) is 0 Å². The Labute approximate surface area is 153 Å². The van der Waals surface area contributed by atoms with E-state index in [1.807, 2.05) is 37.3 Å². The van der Waals surface area contributed by atoms with Gasteiger partial charge in [0.2, 0.25) is 0 Å². The summed E-state index contributed by atoms with van der Waals surface area (Å²) in [5.41, 5.74) is 2.18. The third-order valence-corrected chi connectivity index (χ3v) is 5.19. The number of aromatic nitrogens is 6. The standard InChI is InChI=1S/C18H16N6OS/c1-12(13-8-19-11-20-9-13)26-18-22-16-15(10-21-23(16)2)17(25)24(18)14-6-4-3-5-7-14/h3-12H,1-2H3. The average molecular weight is 364 g/mol. The second-order valence-corrected chi connectivity index (χ2v) is 7.12. The van der Waals surface area contributed by atoms with Crippen LogP contribution in [0.2, 0.25) is 0 Å². The minimum absolute atomic E-state index is 0.0312. The largest absolute Gasteiger partial charge is 0.269 e. The van der Waals surface area contributed by atoms with E-state index in [1.54, 1.807) is 34.9 Å². The lowest BCUT2D eigenvalue weighted by atomic mass is 10.3. The number of benzene rings is 1. The summed E-state index contributed by atoms with van der Waals surface area (Å²) < 4.78 is 3.25. The smallest absolute Gasteiger partial charge is 0.268 e. The van der Waals surface area contributed by atoms with Crippen molar-refractivity contribution in [1.29, 1.82) is 0 Å². The second-order valence-electron chi connectivity index (χ2n) is 5.81. The third kappa shape index (κ3) is 2.88. The van der Waals surface area contributed by atoms with Crippen LogP contribution >= 0.6 is 11.8 Å². The van der Waals surface area contributed by atoms with Crippen molar-refractivity contribution in [3.63, 3.8) is 0 Å². The van der Waals surface area contributed by atoms with Crippen LogP contribution in [0.5, 0.6) is 0 Å². The van der Waals surface area contributed by atoms with E-state index in [2.05, 4.69) is 15.1 Å². The summed E-state index contributed by atoms with van der Waals surface area (Å²) in [6, 6.07) is 9.51. The van der Waals surface area contributed by atoms with Crippen LogP contribution in [0.15, 0.2) is 65.2 Å². The molecule has 0 aliphatic heterocycles. The Bertz CT molecular complexity index is 1110. The molecule has 0 aliphatic carbocycles. The molecule has 4 rings (SSSR count). The van der Waals surface area contributed by atoms with E-state index >= 15 is 0 Å². The highest BCUT2D eigenvalue weighted by molar-refractivity contribution is 7.99. The van der Waals surface area contributed by atoms with Gasteiger partial charge >= 0.3 is 0 Å². The number of hydrogen-bond donors (Lipinski definition) is 0. The van der Waals surface area contributed by atoms with Gasteiger partial charge in [-0.25, -0.2) is 15.0 Å². The fourth-order valence-electron chi connectivity index (χ4n) is 2.69. The van der Waals surface area contributed by atoms with Gasteiger partial charge in [-0.05, 0) is 19.1 Å². The number of fused-ring (bicyclic) bond motifs is 1. The fourth-order valence-corrected chi connectivity index (χ4v) is 3.70. The molecule has 0 amide bonds. The van der Waals surface area contributed by atoms with Gasteiger partial charge in [0.1, 0.15) is 11.7 Å². The molecule has 3 aromatic heterocycles. The maximum absolute atomic E-state index is 13.1. The molecule has 0 N–H and O–H groups in total. The molecule has 26 heavy (non-hydrogen) atoms. The first-order chi connectivity index (χ1) is 12.6. The second kappa shape index (κ2) is 6.72. The molecule has 1 aromatic carbocycles. The lowest BCUT2D eigenvalue weighted by Gasteiger charge is -2.15. The van der Waals surface area contributed by atoms with Crippen LogP contribution in [0.25, 0.3) is 16.7 Å². The first kappa shape index (κ1) is 16.5. The number of para-hydroxylation sites is 1. The Hall–Kier alpha value is -3.00. The lowest BCUT2D eigenvalue weighted by molar-refractivity contribution is 0.757. The van der Waals surface area contributed by atoms with Crippen LogP contribution in [0.3, 0.4) is 0 Å². The normalized spacial score (nSPS) is 12.4. The SMILES string of the molecule is CC(Sc1nc2c(cnn2C)c(=O)n1-c1ccccc1)c1cncnc1. The Morgan fingerprint density at radius 3 is 2.54 bits per heavy atom. The van der Waals surface area contributed by atoms with E-state index in [4.69, 9.17) is 4.98 Å². The van der Waals surface area contributed by atoms with Gasteiger partial charge in [-0.15, -0.1) is 0 Å². The van der Waals surface area contributed by atoms with Crippen LogP contribution in [-0.2, 0) is 7.05 Å². The van der Waals surface area contributed by atoms with Crippen LogP contribution in [0.1, 0.15) is 17.7 Å². The summed E-state index contributed by atoms with van der Waals surface area (Å²) in [5.74, 6) is 0. The van der Waals surface area contributed by atoms with E-state index in [9.17, 15) is 4.79 Å². The number of nitrogens with zero attached hydrogens (tertiary/aromatic N) is 6. The average Bonchev–Trinajstić information content (AvgIpc) is 3.04. The zero-order chi connectivity index (χ0) is 18.1. The number of thioether (sulfide) groups is 1. The van der Waals surface area contributed by atoms with Crippen LogP contribution < -0.4 is 5.56 Å². The summed E-state index contributed by atoms with van der Waals surface area (Å²) in [4.78, 5) is 26.0. The van der Waals surface area contributed by atoms with Gasteiger partial charge in [-0.3, -0.25) is 14.0 Å². The maximum Gasteiger partial charge on any atom is 0.269 e. The van der Waals surface area contributed by atoms with Gasteiger partial charge in [0, 0.05) is 30.3 Å². The zero-order valence-electron chi connectivity index (χ0n) is 14.3. The summed E-state index contributed by atoms with van der Waals surface area (Å²) in [6.07, 6.45) is 6.62. The topological polar surface area (TPSA) is 78.5 Å². The Kier molecular flexibility index (Phi) is 4.26. The third-order valence-electron chi connectivity index (χ3n) is 4.08. The van der Waals surface area contributed by atoms with Crippen molar-refractivity contribution >= 4 is 22.8 Å². The molecule has 1 atom stereocenters. The fraction of sp³-hybridized carbons (Fsp3) is 0.167. The van der Waals surface area contributed by atoms with Crippen molar-refractivity contribution in [3.8, 4) is 5.69 Å².